The van der Waals surface area contributed by atoms with Crippen molar-refractivity contribution in [2.75, 3.05) is 5.32 Å². The van der Waals surface area contributed by atoms with Crippen molar-refractivity contribution < 1.29 is 4.79 Å². The highest BCUT2D eigenvalue weighted by Crippen LogP contribution is 2.35. The van der Waals surface area contributed by atoms with E-state index < -0.39 is 0 Å². The standard InChI is InChI=1S/C20H22ClN5OS/c1-12-22-9-15(10-23-12)25-19(27)24-11-16-17(13-6-5-7-14(21)8-13)26-18(28-16)20(2,3)4/h5-10H,11H2,1-4H3,(H2,24,25,27). The number of nitrogens with one attached hydrogen (secondary N) is 2. The van der Waals surface area contributed by atoms with Crippen LogP contribution in [0.1, 0.15) is 36.5 Å². The number of rotatable bonds is 4. The number of aromatic nitrogens is 3. The molecule has 6 nitrogen and oxygen atoms in total. The predicted molar refractivity (Wildman–Crippen MR) is 114 cm³/mol. The summed E-state index contributed by atoms with van der Waals surface area (Å²) in [5.74, 6) is 0.650. The molecule has 2 N–H and O–H groups in total. The minimum absolute atomic E-state index is 0.0856. The molecule has 2 amide bonds. The average Bonchev–Trinajstić information content (AvgIpc) is 3.07. The Morgan fingerprint density at radius 3 is 2.57 bits per heavy atom. The van der Waals surface area contributed by atoms with Gasteiger partial charge in [-0.2, -0.15) is 0 Å². The number of anilines is 1. The number of amides is 2. The van der Waals surface area contributed by atoms with Crippen molar-refractivity contribution in [3.05, 3.63) is 57.4 Å². The summed E-state index contributed by atoms with van der Waals surface area (Å²) < 4.78 is 0. The Morgan fingerprint density at radius 2 is 1.93 bits per heavy atom. The molecule has 146 valence electrons. The molecule has 0 saturated carbocycles. The number of aryl methyl sites for hydroxylation is 1. The predicted octanol–water partition coefficient (Wildman–Crippen LogP) is 5.18. The SMILES string of the molecule is Cc1ncc(NC(=O)NCc2sc(C(C)(C)C)nc2-c2cccc(Cl)c2)cn1. The van der Waals surface area contributed by atoms with Crippen molar-refractivity contribution in [1.82, 2.24) is 20.3 Å². The summed E-state index contributed by atoms with van der Waals surface area (Å²) >= 11 is 7.75. The third-order valence-corrected chi connectivity index (χ3v) is 5.60. The van der Waals surface area contributed by atoms with Crippen LogP contribution in [-0.2, 0) is 12.0 Å². The van der Waals surface area contributed by atoms with Crippen LogP contribution >= 0.6 is 22.9 Å². The van der Waals surface area contributed by atoms with Crippen molar-refractivity contribution in [2.45, 2.75) is 39.7 Å². The van der Waals surface area contributed by atoms with E-state index in [1.807, 2.05) is 24.3 Å². The molecule has 3 aromatic rings. The second kappa shape index (κ2) is 8.24. The zero-order chi connectivity index (χ0) is 20.3. The van der Waals surface area contributed by atoms with E-state index in [1.54, 1.807) is 30.7 Å². The van der Waals surface area contributed by atoms with Gasteiger partial charge in [0.15, 0.2) is 0 Å². The first kappa shape index (κ1) is 20.2. The van der Waals surface area contributed by atoms with E-state index in [0.29, 0.717) is 23.1 Å². The Kier molecular flexibility index (Phi) is 5.96. The van der Waals surface area contributed by atoms with Gasteiger partial charge in [0, 0.05) is 16.0 Å². The fourth-order valence-corrected chi connectivity index (χ4v) is 3.72. The van der Waals surface area contributed by atoms with Gasteiger partial charge in [-0.15, -0.1) is 11.3 Å². The van der Waals surface area contributed by atoms with Crippen LogP contribution in [0.3, 0.4) is 0 Å². The van der Waals surface area contributed by atoms with Crippen LogP contribution in [0, 0.1) is 6.92 Å². The Bertz CT molecular complexity index is 979. The topological polar surface area (TPSA) is 79.8 Å². The lowest BCUT2D eigenvalue weighted by atomic mass is 9.98. The molecule has 8 heteroatoms. The number of hydrogen-bond acceptors (Lipinski definition) is 5. The second-order valence-corrected chi connectivity index (χ2v) is 8.90. The summed E-state index contributed by atoms with van der Waals surface area (Å²) in [4.78, 5) is 26.2. The summed E-state index contributed by atoms with van der Waals surface area (Å²) in [7, 11) is 0. The van der Waals surface area contributed by atoms with Crippen molar-refractivity contribution in [1.29, 1.82) is 0 Å². The number of urea groups is 1. The first-order valence-corrected chi connectivity index (χ1v) is 10.0. The van der Waals surface area contributed by atoms with E-state index in [1.165, 1.54) is 0 Å². The Morgan fingerprint density at radius 1 is 1.21 bits per heavy atom. The van der Waals surface area contributed by atoms with E-state index in [0.717, 1.165) is 21.1 Å². The number of thiazole rings is 1. The number of carbonyl (C=O) groups is 1. The number of benzene rings is 1. The van der Waals surface area contributed by atoms with Gasteiger partial charge in [0.25, 0.3) is 0 Å². The van der Waals surface area contributed by atoms with E-state index in [-0.39, 0.29) is 11.4 Å². The van der Waals surface area contributed by atoms with Crippen molar-refractivity contribution in [3.8, 4) is 11.3 Å². The fourth-order valence-electron chi connectivity index (χ4n) is 2.45. The van der Waals surface area contributed by atoms with Crippen LogP contribution in [0.15, 0.2) is 36.7 Å². The molecule has 0 aliphatic heterocycles. The van der Waals surface area contributed by atoms with Gasteiger partial charge in [0.05, 0.1) is 40.2 Å². The Hall–Kier alpha value is -2.51. The molecule has 0 aliphatic rings. The van der Waals surface area contributed by atoms with Gasteiger partial charge in [0.2, 0.25) is 0 Å². The van der Waals surface area contributed by atoms with Crippen molar-refractivity contribution in [3.63, 3.8) is 0 Å². The molecule has 0 saturated heterocycles. The van der Waals surface area contributed by atoms with Crippen LogP contribution in [-0.4, -0.2) is 21.0 Å². The molecule has 1 aromatic carbocycles. The molecule has 0 spiro atoms. The van der Waals surface area contributed by atoms with Gasteiger partial charge in [-0.1, -0.05) is 44.5 Å². The zero-order valence-corrected chi connectivity index (χ0v) is 17.8. The van der Waals surface area contributed by atoms with Gasteiger partial charge in [-0.05, 0) is 19.1 Å². The first-order valence-electron chi connectivity index (χ1n) is 8.82. The highest BCUT2D eigenvalue weighted by molar-refractivity contribution is 7.12. The Balaban J connectivity index is 1.79. The molecule has 2 aromatic heterocycles. The highest BCUT2D eigenvalue weighted by atomic mass is 35.5. The lowest BCUT2D eigenvalue weighted by Crippen LogP contribution is -2.28. The molecular formula is C20H22ClN5OS. The molecule has 3 rings (SSSR count). The molecule has 0 radical (unpaired) electrons. The minimum Gasteiger partial charge on any atom is -0.333 e. The lowest BCUT2D eigenvalue weighted by molar-refractivity contribution is 0.252. The number of carbonyl (C=O) groups excluding carboxylic acids is 1. The smallest absolute Gasteiger partial charge is 0.319 e. The molecule has 2 heterocycles. The fraction of sp³-hybridized carbons (Fsp3) is 0.300. The average molecular weight is 416 g/mol. The Labute approximate surface area is 173 Å². The molecule has 0 fully saturated rings. The van der Waals surface area contributed by atoms with Crippen molar-refractivity contribution in [2.24, 2.45) is 0 Å². The molecule has 0 bridgehead atoms. The van der Waals surface area contributed by atoms with Gasteiger partial charge < -0.3 is 10.6 Å². The summed E-state index contributed by atoms with van der Waals surface area (Å²) in [6.45, 7) is 8.50. The summed E-state index contributed by atoms with van der Waals surface area (Å²) in [5.41, 5.74) is 2.23. The molecule has 28 heavy (non-hydrogen) atoms. The second-order valence-electron chi connectivity index (χ2n) is 7.38. The number of halogens is 1. The summed E-state index contributed by atoms with van der Waals surface area (Å²) in [5, 5.41) is 7.27. The molecule has 0 atom stereocenters. The van der Waals surface area contributed by atoms with Gasteiger partial charge in [-0.3, -0.25) is 0 Å². The maximum absolute atomic E-state index is 12.3. The number of nitrogens with zero attached hydrogens (tertiary/aromatic N) is 3. The maximum atomic E-state index is 12.3. The van der Waals surface area contributed by atoms with Crippen LogP contribution in [0.4, 0.5) is 10.5 Å². The largest absolute Gasteiger partial charge is 0.333 e. The maximum Gasteiger partial charge on any atom is 0.319 e. The van der Waals surface area contributed by atoms with Crippen LogP contribution in [0.25, 0.3) is 11.3 Å². The molecule has 0 unspecified atom stereocenters. The lowest BCUT2D eigenvalue weighted by Gasteiger charge is -2.13. The number of hydrogen-bond donors (Lipinski definition) is 2. The van der Waals surface area contributed by atoms with Crippen LogP contribution < -0.4 is 10.6 Å². The monoisotopic (exact) mass is 415 g/mol. The summed E-state index contributed by atoms with van der Waals surface area (Å²) in [6.07, 6.45) is 3.15. The van der Waals surface area contributed by atoms with E-state index >= 15 is 0 Å². The molecular weight excluding hydrogens is 394 g/mol. The summed E-state index contributed by atoms with van der Waals surface area (Å²) in [6, 6.07) is 7.26. The van der Waals surface area contributed by atoms with Crippen LogP contribution in [0.2, 0.25) is 5.02 Å². The van der Waals surface area contributed by atoms with Gasteiger partial charge in [0.1, 0.15) is 5.82 Å². The van der Waals surface area contributed by atoms with E-state index in [9.17, 15) is 4.79 Å². The van der Waals surface area contributed by atoms with Crippen LogP contribution in [0.5, 0.6) is 0 Å². The minimum atomic E-state index is -0.324. The highest BCUT2D eigenvalue weighted by Gasteiger charge is 2.22. The van der Waals surface area contributed by atoms with Gasteiger partial charge >= 0.3 is 6.03 Å². The molecule has 0 aliphatic carbocycles. The first-order chi connectivity index (χ1) is 13.2. The van der Waals surface area contributed by atoms with E-state index in [4.69, 9.17) is 16.6 Å². The van der Waals surface area contributed by atoms with E-state index in [2.05, 4.69) is 41.4 Å². The zero-order valence-electron chi connectivity index (χ0n) is 16.2. The van der Waals surface area contributed by atoms with Gasteiger partial charge in [-0.25, -0.2) is 19.7 Å². The third-order valence-electron chi connectivity index (χ3n) is 3.89. The normalized spacial score (nSPS) is 11.3. The third kappa shape index (κ3) is 5.05. The quantitative estimate of drug-likeness (QED) is 0.615. The van der Waals surface area contributed by atoms with Crippen molar-refractivity contribution >= 4 is 34.7 Å².